The molecule has 0 N–H and O–H groups in total. The third kappa shape index (κ3) is 65.0. The Labute approximate surface area is 489 Å². The van der Waals surface area contributed by atoms with Crippen molar-refractivity contribution in [1.82, 2.24) is 0 Å². The molecule has 0 radical (unpaired) electrons. The molecule has 1 atom stereocenters. The van der Waals surface area contributed by atoms with Crippen LogP contribution in [0.2, 0.25) is 0 Å². The molecule has 0 bridgehead atoms. The maximum Gasteiger partial charge on any atom is 0.306 e. The van der Waals surface area contributed by atoms with Crippen molar-refractivity contribution < 1.29 is 28.6 Å². The van der Waals surface area contributed by atoms with Crippen molar-refractivity contribution in [3.05, 3.63) is 97.2 Å². The highest BCUT2D eigenvalue weighted by atomic mass is 16.6. The minimum absolute atomic E-state index is 0.0785. The Morgan fingerprint density at radius 3 is 0.797 bits per heavy atom. The zero-order valence-corrected chi connectivity index (χ0v) is 52.1. The molecule has 0 amide bonds. The number of hydrogen-bond donors (Lipinski definition) is 0. The number of ether oxygens (including phenoxy) is 3. The molecule has 79 heavy (non-hydrogen) atoms. The standard InChI is InChI=1S/C73H126O6/c1-4-7-10-13-16-18-20-22-24-26-28-29-30-31-32-33-34-35-36-37-38-39-40-41-42-43-45-46-48-50-52-54-57-60-63-66-72(75)78-69-70(68-77-71(74)65-62-59-56-15-12-9-6-3)79-73(76)67-64-61-58-55-53-51-49-47-44-27-25-23-21-19-17-14-11-8-5-2/h7,10,16-19,22-25,28-29,31-32,44,47,70H,4-6,8-9,11-15,20-21,26-27,30,33-43,45-46,48-69H2,1-3H3/b10-7-,18-16-,19-17-,24-22-,25-23-,29-28-,32-31-,47-44-. The van der Waals surface area contributed by atoms with E-state index >= 15 is 0 Å². The van der Waals surface area contributed by atoms with Crippen molar-refractivity contribution >= 4 is 17.9 Å². The maximum atomic E-state index is 12.9. The zero-order valence-electron chi connectivity index (χ0n) is 52.1. The van der Waals surface area contributed by atoms with Gasteiger partial charge in [0.25, 0.3) is 0 Å². The summed E-state index contributed by atoms with van der Waals surface area (Å²) in [6.07, 6.45) is 90.3. The molecule has 1 unspecified atom stereocenters. The van der Waals surface area contributed by atoms with Crippen LogP contribution in [0.3, 0.4) is 0 Å². The molecule has 0 saturated heterocycles. The Morgan fingerprint density at radius 2 is 0.494 bits per heavy atom. The van der Waals surface area contributed by atoms with Crippen LogP contribution in [0.25, 0.3) is 0 Å². The van der Waals surface area contributed by atoms with E-state index in [9.17, 15) is 14.4 Å². The van der Waals surface area contributed by atoms with Gasteiger partial charge in [0.2, 0.25) is 0 Å². The van der Waals surface area contributed by atoms with Crippen LogP contribution in [0.5, 0.6) is 0 Å². The van der Waals surface area contributed by atoms with Crippen LogP contribution in [0.15, 0.2) is 97.2 Å². The fourth-order valence-electron chi connectivity index (χ4n) is 9.54. The Balaban J connectivity index is 4.02. The van der Waals surface area contributed by atoms with E-state index in [-0.39, 0.29) is 31.1 Å². The van der Waals surface area contributed by atoms with E-state index in [0.29, 0.717) is 19.3 Å². The van der Waals surface area contributed by atoms with Gasteiger partial charge in [-0.1, -0.05) is 304 Å². The first-order valence-electron chi connectivity index (χ1n) is 33.7. The van der Waals surface area contributed by atoms with Crippen LogP contribution in [0.1, 0.15) is 329 Å². The van der Waals surface area contributed by atoms with Crippen LogP contribution in [-0.2, 0) is 28.6 Å². The summed E-state index contributed by atoms with van der Waals surface area (Å²) in [5, 5.41) is 0. The average molecular weight is 1100 g/mol. The number of carbonyl (C=O) groups is 3. The summed E-state index contributed by atoms with van der Waals surface area (Å²) >= 11 is 0. The normalized spacial score (nSPS) is 12.7. The lowest BCUT2D eigenvalue weighted by Crippen LogP contribution is -2.30. The van der Waals surface area contributed by atoms with Gasteiger partial charge in [-0.25, -0.2) is 0 Å². The number of allylic oxidation sites excluding steroid dienone is 16. The highest BCUT2D eigenvalue weighted by Gasteiger charge is 2.19. The summed E-state index contributed by atoms with van der Waals surface area (Å²) < 4.78 is 16.8. The number of hydrogen-bond acceptors (Lipinski definition) is 6. The first-order valence-corrected chi connectivity index (χ1v) is 33.7. The molecular weight excluding hydrogens is 973 g/mol. The first kappa shape index (κ1) is 75.3. The summed E-state index contributed by atoms with van der Waals surface area (Å²) in [6.45, 7) is 6.47. The lowest BCUT2D eigenvalue weighted by atomic mass is 10.0. The maximum absolute atomic E-state index is 12.9. The second kappa shape index (κ2) is 66.8. The third-order valence-corrected chi connectivity index (χ3v) is 14.6. The second-order valence-electron chi connectivity index (χ2n) is 22.4. The predicted octanol–water partition coefficient (Wildman–Crippen LogP) is 23.2. The molecule has 0 fully saturated rings. The van der Waals surface area contributed by atoms with Crippen molar-refractivity contribution in [2.24, 2.45) is 0 Å². The largest absolute Gasteiger partial charge is 0.462 e. The van der Waals surface area contributed by atoms with Gasteiger partial charge in [-0.3, -0.25) is 14.4 Å². The van der Waals surface area contributed by atoms with E-state index in [1.807, 2.05) is 0 Å². The van der Waals surface area contributed by atoms with Gasteiger partial charge in [-0.15, -0.1) is 0 Å². The van der Waals surface area contributed by atoms with E-state index in [0.717, 1.165) is 116 Å². The number of carbonyl (C=O) groups excluding carboxylic acids is 3. The quantitative estimate of drug-likeness (QED) is 0.0261. The van der Waals surface area contributed by atoms with Gasteiger partial charge in [0, 0.05) is 19.3 Å². The van der Waals surface area contributed by atoms with E-state index in [4.69, 9.17) is 14.2 Å². The highest BCUT2D eigenvalue weighted by Crippen LogP contribution is 2.17. The van der Waals surface area contributed by atoms with Crippen LogP contribution in [0, 0.1) is 0 Å². The lowest BCUT2D eigenvalue weighted by molar-refractivity contribution is -0.167. The molecule has 0 aliphatic carbocycles. The van der Waals surface area contributed by atoms with Crippen LogP contribution in [0.4, 0.5) is 0 Å². The minimum atomic E-state index is -0.780. The molecule has 0 saturated carbocycles. The van der Waals surface area contributed by atoms with Crippen molar-refractivity contribution in [3.63, 3.8) is 0 Å². The van der Waals surface area contributed by atoms with Gasteiger partial charge in [-0.2, -0.15) is 0 Å². The fourth-order valence-corrected chi connectivity index (χ4v) is 9.54. The van der Waals surface area contributed by atoms with E-state index in [1.165, 1.54) is 173 Å². The number of esters is 3. The molecule has 6 nitrogen and oxygen atoms in total. The average Bonchev–Trinajstić information content (AvgIpc) is 3.45. The van der Waals surface area contributed by atoms with Gasteiger partial charge < -0.3 is 14.2 Å². The molecule has 0 heterocycles. The molecule has 0 aromatic carbocycles. The van der Waals surface area contributed by atoms with Crippen LogP contribution in [-0.4, -0.2) is 37.2 Å². The molecule has 0 aliphatic heterocycles. The van der Waals surface area contributed by atoms with Crippen LogP contribution >= 0.6 is 0 Å². The van der Waals surface area contributed by atoms with E-state index in [2.05, 4.69) is 118 Å². The predicted molar refractivity (Wildman–Crippen MR) is 344 cm³/mol. The lowest BCUT2D eigenvalue weighted by Gasteiger charge is -2.18. The summed E-state index contributed by atoms with van der Waals surface area (Å²) in [5.41, 5.74) is 0. The molecule has 0 aliphatic rings. The SMILES string of the molecule is CC/C=C\C/C=C\C/C=C\C/C=C\C/C=C\CCCCCCCCCCCCCCCCCCCCCC(=O)OCC(COC(=O)CCCCCCCCC)OC(=O)CCCCCCCC/C=C\C/C=C\C/C=C\CCCCC. The number of unbranched alkanes of at least 4 members (excludes halogenated alkanes) is 34. The minimum Gasteiger partial charge on any atom is -0.462 e. The van der Waals surface area contributed by atoms with Gasteiger partial charge in [0.05, 0.1) is 0 Å². The van der Waals surface area contributed by atoms with Crippen molar-refractivity contribution in [2.75, 3.05) is 13.2 Å². The zero-order chi connectivity index (χ0) is 57.1. The topological polar surface area (TPSA) is 78.9 Å². The summed E-state index contributed by atoms with van der Waals surface area (Å²) in [6, 6.07) is 0. The molecule has 454 valence electrons. The van der Waals surface area contributed by atoms with Crippen molar-refractivity contribution in [2.45, 2.75) is 335 Å². The first-order chi connectivity index (χ1) is 39.0. The summed E-state index contributed by atoms with van der Waals surface area (Å²) in [4.78, 5) is 38.1. The highest BCUT2D eigenvalue weighted by molar-refractivity contribution is 5.71. The van der Waals surface area contributed by atoms with E-state index in [1.54, 1.807) is 0 Å². The van der Waals surface area contributed by atoms with Crippen molar-refractivity contribution in [3.8, 4) is 0 Å². The Morgan fingerprint density at radius 1 is 0.266 bits per heavy atom. The fraction of sp³-hybridized carbons (Fsp3) is 0.740. The molecule has 0 aromatic rings. The van der Waals surface area contributed by atoms with E-state index < -0.39 is 6.10 Å². The Bertz CT molecular complexity index is 1540. The molecule has 6 heteroatoms. The number of rotatable bonds is 61. The van der Waals surface area contributed by atoms with Crippen molar-refractivity contribution in [1.29, 1.82) is 0 Å². The Hall–Kier alpha value is -3.67. The van der Waals surface area contributed by atoms with Crippen LogP contribution < -0.4 is 0 Å². The molecule has 0 aromatic heterocycles. The smallest absolute Gasteiger partial charge is 0.306 e. The monoisotopic (exact) mass is 1100 g/mol. The summed E-state index contributed by atoms with van der Waals surface area (Å²) in [7, 11) is 0. The van der Waals surface area contributed by atoms with Gasteiger partial charge in [0.15, 0.2) is 6.10 Å². The van der Waals surface area contributed by atoms with Gasteiger partial charge in [0.1, 0.15) is 13.2 Å². The van der Waals surface area contributed by atoms with Gasteiger partial charge >= 0.3 is 17.9 Å². The second-order valence-corrected chi connectivity index (χ2v) is 22.4. The van der Waals surface area contributed by atoms with Gasteiger partial charge in [-0.05, 0) is 103 Å². The third-order valence-electron chi connectivity index (χ3n) is 14.6. The molecule has 0 spiro atoms. The molecular formula is C73H126O6. The summed E-state index contributed by atoms with van der Waals surface area (Å²) in [5.74, 6) is -0.885. The Kier molecular flexibility index (Phi) is 63.7. The molecule has 0 rings (SSSR count).